The van der Waals surface area contributed by atoms with Crippen molar-refractivity contribution in [1.29, 1.82) is 0 Å². The van der Waals surface area contributed by atoms with Crippen LogP contribution in [-0.2, 0) is 4.79 Å². The molecule has 0 spiro atoms. The van der Waals surface area contributed by atoms with Gasteiger partial charge in [-0.3, -0.25) is 4.79 Å². The molecule has 2 aliphatic carbocycles. The van der Waals surface area contributed by atoms with E-state index < -0.39 is 0 Å². The molecule has 3 rings (SSSR count). The quantitative estimate of drug-likeness (QED) is 0.709. The zero-order valence-corrected chi connectivity index (χ0v) is 13.3. The average molecular weight is 362 g/mol. The van der Waals surface area contributed by atoms with Gasteiger partial charge in [0.2, 0.25) is 5.91 Å². The highest BCUT2D eigenvalue weighted by Gasteiger charge is 2.49. The Hall–Kier alpha value is -0.780. The molecule has 2 aliphatic rings. The van der Waals surface area contributed by atoms with E-state index in [9.17, 15) is 9.90 Å². The summed E-state index contributed by atoms with van der Waals surface area (Å²) in [6.07, 6.45) is 3.32. The van der Waals surface area contributed by atoms with Crippen LogP contribution in [0.3, 0.4) is 0 Å². The second kappa shape index (κ2) is 5.92. The lowest BCUT2D eigenvalue weighted by Crippen LogP contribution is -2.42. The minimum Gasteiger partial charge on any atom is -0.506 e. The van der Waals surface area contributed by atoms with E-state index in [0.29, 0.717) is 17.5 Å². The molecule has 1 amide bonds. The number of nitrogens with one attached hydrogen (secondary N) is 1. The van der Waals surface area contributed by atoms with Crippen LogP contribution in [0, 0.1) is 17.8 Å². The third-order valence-corrected chi connectivity index (χ3v) is 4.99. The Kier molecular flexibility index (Phi) is 4.62. The Balaban J connectivity index is 0.00000147. The molecule has 1 aromatic rings. The summed E-state index contributed by atoms with van der Waals surface area (Å²) in [5.74, 6) is 0.810. The molecule has 1 aromatic carbocycles. The van der Waals surface area contributed by atoms with E-state index in [2.05, 4.69) is 21.2 Å². The maximum Gasteiger partial charge on any atom is 0.229 e. The first kappa shape index (κ1) is 15.6. The molecular formula is C14H18BrClN2O2. The van der Waals surface area contributed by atoms with Gasteiger partial charge in [-0.15, -0.1) is 12.4 Å². The number of aromatic hydroxyl groups is 1. The van der Waals surface area contributed by atoms with Gasteiger partial charge in [0.15, 0.2) is 0 Å². The summed E-state index contributed by atoms with van der Waals surface area (Å²) in [6.45, 7) is 0. The van der Waals surface area contributed by atoms with Crippen molar-refractivity contribution in [3.8, 4) is 5.75 Å². The smallest absolute Gasteiger partial charge is 0.229 e. The standard InChI is InChI=1S/C14H17BrN2O2.ClH/c15-9-3-4-11(18)10(6-9)17-14(19)12-7-1-2-8(5-7)13(12)16;/h3-4,6-8,12-13,18H,1-2,5,16H2,(H,17,19);1H. The molecule has 20 heavy (non-hydrogen) atoms. The molecule has 0 heterocycles. The lowest BCUT2D eigenvalue weighted by Gasteiger charge is -2.27. The van der Waals surface area contributed by atoms with Gasteiger partial charge in [0, 0.05) is 10.5 Å². The highest BCUT2D eigenvalue weighted by atomic mass is 79.9. The summed E-state index contributed by atoms with van der Waals surface area (Å²) < 4.78 is 0.817. The van der Waals surface area contributed by atoms with Gasteiger partial charge in [0.25, 0.3) is 0 Å². The minimum absolute atomic E-state index is 0. The summed E-state index contributed by atoms with van der Waals surface area (Å²) in [4.78, 5) is 12.4. The second-order valence-electron chi connectivity index (χ2n) is 5.59. The first-order chi connectivity index (χ1) is 9.06. The Morgan fingerprint density at radius 3 is 2.70 bits per heavy atom. The molecule has 4 nitrogen and oxygen atoms in total. The number of carbonyl (C=O) groups is 1. The lowest BCUT2D eigenvalue weighted by molar-refractivity contribution is -0.121. The van der Waals surface area contributed by atoms with Crippen molar-refractivity contribution in [2.45, 2.75) is 25.3 Å². The van der Waals surface area contributed by atoms with Gasteiger partial charge in [0.1, 0.15) is 5.75 Å². The number of nitrogens with two attached hydrogens (primary N) is 1. The third kappa shape index (κ3) is 2.67. The number of hydrogen-bond acceptors (Lipinski definition) is 3. The topological polar surface area (TPSA) is 75.4 Å². The van der Waals surface area contributed by atoms with E-state index in [4.69, 9.17) is 5.73 Å². The van der Waals surface area contributed by atoms with Crippen LogP contribution in [0.15, 0.2) is 22.7 Å². The van der Waals surface area contributed by atoms with Gasteiger partial charge in [-0.05, 0) is 49.3 Å². The van der Waals surface area contributed by atoms with Crippen molar-refractivity contribution < 1.29 is 9.90 Å². The zero-order valence-electron chi connectivity index (χ0n) is 10.9. The molecule has 0 aromatic heterocycles. The third-order valence-electron chi connectivity index (χ3n) is 4.50. The van der Waals surface area contributed by atoms with Gasteiger partial charge in [-0.1, -0.05) is 15.9 Å². The number of hydrogen-bond donors (Lipinski definition) is 3. The van der Waals surface area contributed by atoms with Gasteiger partial charge < -0.3 is 16.2 Å². The van der Waals surface area contributed by atoms with Crippen molar-refractivity contribution in [3.63, 3.8) is 0 Å². The van der Waals surface area contributed by atoms with Crippen molar-refractivity contribution in [3.05, 3.63) is 22.7 Å². The van der Waals surface area contributed by atoms with Crippen LogP contribution in [0.25, 0.3) is 0 Å². The van der Waals surface area contributed by atoms with Crippen LogP contribution in [0.2, 0.25) is 0 Å². The van der Waals surface area contributed by atoms with Crippen molar-refractivity contribution in [1.82, 2.24) is 0 Å². The number of fused-ring (bicyclic) bond motifs is 2. The van der Waals surface area contributed by atoms with E-state index in [1.807, 2.05) is 0 Å². The molecule has 0 aliphatic heterocycles. The minimum atomic E-state index is -0.114. The maximum absolute atomic E-state index is 12.4. The fourth-order valence-corrected chi connectivity index (χ4v) is 3.91. The molecule has 4 unspecified atom stereocenters. The number of amides is 1. The normalized spacial score (nSPS) is 30.9. The molecule has 2 fully saturated rings. The number of phenols is 1. The molecule has 0 radical (unpaired) electrons. The average Bonchev–Trinajstić information content (AvgIpc) is 2.94. The summed E-state index contributed by atoms with van der Waals surface area (Å²) in [6, 6.07) is 4.95. The largest absolute Gasteiger partial charge is 0.506 e. The second-order valence-corrected chi connectivity index (χ2v) is 6.50. The monoisotopic (exact) mass is 360 g/mol. The van der Waals surface area contributed by atoms with Gasteiger partial charge in [-0.25, -0.2) is 0 Å². The number of rotatable bonds is 2. The summed E-state index contributed by atoms with van der Waals surface area (Å²) in [7, 11) is 0. The summed E-state index contributed by atoms with van der Waals surface area (Å²) in [5, 5.41) is 12.6. The number of carbonyl (C=O) groups excluding carboxylic acids is 1. The molecule has 2 bridgehead atoms. The SMILES string of the molecule is Cl.NC1C2CCC(C2)C1C(=O)Nc1cc(Br)ccc1O. The van der Waals surface area contributed by atoms with Crippen molar-refractivity contribution in [2.24, 2.45) is 23.5 Å². The molecule has 4 N–H and O–H groups in total. The fourth-order valence-electron chi connectivity index (χ4n) is 3.55. The molecule has 4 atom stereocenters. The van der Waals surface area contributed by atoms with E-state index in [1.165, 1.54) is 0 Å². The predicted molar refractivity (Wildman–Crippen MR) is 84.0 cm³/mol. The van der Waals surface area contributed by atoms with Crippen LogP contribution in [0.4, 0.5) is 5.69 Å². The zero-order chi connectivity index (χ0) is 13.6. The van der Waals surface area contributed by atoms with Crippen LogP contribution in [-0.4, -0.2) is 17.1 Å². The number of benzene rings is 1. The van der Waals surface area contributed by atoms with E-state index in [1.54, 1.807) is 18.2 Å². The highest BCUT2D eigenvalue weighted by molar-refractivity contribution is 9.10. The molecule has 6 heteroatoms. The van der Waals surface area contributed by atoms with Gasteiger partial charge in [-0.2, -0.15) is 0 Å². The van der Waals surface area contributed by atoms with Crippen LogP contribution in [0.5, 0.6) is 5.75 Å². The van der Waals surface area contributed by atoms with Crippen LogP contribution in [0.1, 0.15) is 19.3 Å². The van der Waals surface area contributed by atoms with Gasteiger partial charge in [0.05, 0.1) is 11.6 Å². The Labute approximate surface area is 132 Å². The first-order valence-corrected chi connectivity index (χ1v) is 7.40. The first-order valence-electron chi connectivity index (χ1n) is 6.61. The predicted octanol–water partition coefficient (Wildman–Crippen LogP) is 2.89. The highest BCUT2D eigenvalue weighted by Crippen LogP contribution is 2.48. The Morgan fingerprint density at radius 1 is 1.35 bits per heavy atom. The molecular weight excluding hydrogens is 344 g/mol. The number of halogens is 2. The van der Waals surface area contributed by atoms with Crippen LogP contribution >= 0.6 is 28.3 Å². The number of anilines is 1. The van der Waals surface area contributed by atoms with E-state index >= 15 is 0 Å². The summed E-state index contributed by atoms with van der Waals surface area (Å²) in [5.41, 5.74) is 6.59. The van der Waals surface area contributed by atoms with Crippen LogP contribution < -0.4 is 11.1 Å². The Morgan fingerprint density at radius 2 is 2.05 bits per heavy atom. The fraction of sp³-hybridized carbons (Fsp3) is 0.500. The van der Waals surface area contributed by atoms with E-state index in [-0.39, 0.29) is 36.0 Å². The molecule has 0 saturated heterocycles. The summed E-state index contributed by atoms with van der Waals surface area (Å²) >= 11 is 3.33. The molecule has 110 valence electrons. The van der Waals surface area contributed by atoms with Gasteiger partial charge >= 0.3 is 0 Å². The van der Waals surface area contributed by atoms with E-state index in [0.717, 1.165) is 23.7 Å². The Bertz CT molecular complexity index is 524. The van der Waals surface area contributed by atoms with Crippen molar-refractivity contribution in [2.75, 3.05) is 5.32 Å². The van der Waals surface area contributed by atoms with Crippen molar-refractivity contribution >= 4 is 39.9 Å². The lowest BCUT2D eigenvalue weighted by atomic mass is 9.84. The maximum atomic E-state index is 12.4. The molecule has 2 saturated carbocycles. The number of phenolic OH excluding ortho intramolecular Hbond substituents is 1.